The van der Waals surface area contributed by atoms with Crippen molar-refractivity contribution in [3.8, 4) is 17.2 Å². The molecule has 4 aromatic rings. The maximum absolute atomic E-state index is 13.8. The smallest absolute Gasteiger partial charge is 0.301 e. The van der Waals surface area contributed by atoms with E-state index >= 15 is 0 Å². The summed E-state index contributed by atoms with van der Waals surface area (Å²) in [5.74, 6) is 0.807. The van der Waals surface area contributed by atoms with Crippen molar-refractivity contribution in [2.75, 3.05) is 18.1 Å². The number of carbonyl (C=O) groups is 2. The minimum absolute atomic E-state index is 0.00510. The number of Topliss-reactive ketones (excluding diaryl/α,β-unsaturated/α-hetero) is 1. The number of aromatic nitrogens is 1. The minimum atomic E-state index is -0.913. The van der Waals surface area contributed by atoms with Crippen LogP contribution in [0.4, 0.5) is 5.13 Å². The summed E-state index contributed by atoms with van der Waals surface area (Å²) in [6, 6.07) is 17.3. The Balaban J connectivity index is 1.47. The van der Waals surface area contributed by atoms with Crippen molar-refractivity contribution in [1.82, 2.24) is 4.98 Å². The van der Waals surface area contributed by atoms with Crippen molar-refractivity contribution in [3.63, 3.8) is 0 Å². The van der Waals surface area contributed by atoms with E-state index in [1.165, 1.54) is 16.2 Å². The molecule has 1 saturated heterocycles. The zero-order valence-corrected chi connectivity index (χ0v) is 25.4. The Hall–Kier alpha value is -4.37. The monoisotopic (exact) mass is 598 g/mol. The molecule has 3 aromatic carbocycles. The summed E-state index contributed by atoms with van der Waals surface area (Å²) in [5, 5.41) is 12.0. The number of rotatable bonds is 9. The number of hydrogen-bond acceptors (Lipinski definition) is 8. The van der Waals surface area contributed by atoms with Gasteiger partial charge in [-0.15, -0.1) is 0 Å². The summed E-state index contributed by atoms with van der Waals surface area (Å²) in [7, 11) is 0. The molecule has 9 heteroatoms. The van der Waals surface area contributed by atoms with Crippen molar-refractivity contribution < 1.29 is 28.9 Å². The molecule has 6 rings (SSSR count). The van der Waals surface area contributed by atoms with E-state index in [1.54, 1.807) is 12.1 Å². The molecule has 1 amide bonds. The van der Waals surface area contributed by atoms with Crippen LogP contribution in [-0.2, 0) is 16.0 Å². The summed E-state index contributed by atoms with van der Waals surface area (Å²) in [6.07, 6.45) is 1.61. The molecule has 222 valence electrons. The summed E-state index contributed by atoms with van der Waals surface area (Å²) >= 11 is 1.30. The van der Waals surface area contributed by atoms with Gasteiger partial charge in [0.15, 0.2) is 5.13 Å². The van der Waals surface area contributed by atoms with Crippen LogP contribution in [0.3, 0.4) is 0 Å². The van der Waals surface area contributed by atoms with Gasteiger partial charge in [-0.3, -0.25) is 14.5 Å². The first-order chi connectivity index (χ1) is 20.7. The highest BCUT2D eigenvalue weighted by Gasteiger charge is 2.48. The fourth-order valence-corrected chi connectivity index (χ4v) is 6.53. The van der Waals surface area contributed by atoms with Crippen molar-refractivity contribution in [3.05, 3.63) is 82.9 Å². The molecule has 3 heterocycles. The number of nitrogens with zero attached hydrogens (tertiary/aromatic N) is 2. The van der Waals surface area contributed by atoms with Crippen molar-refractivity contribution in [1.29, 1.82) is 0 Å². The fraction of sp³-hybridized carbons (Fsp3) is 0.324. The SMILES string of the molecule is CCOc1ccc2nc(N3C(=O)C(=O)/C(=C(\O)c4ccc5c(c4)CC(C)O5)C3c3cccc(OCCC(C)C)c3)sc2c1. The van der Waals surface area contributed by atoms with Crippen LogP contribution in [0.25, 0.3) is 16.0 Å². The van der Waals surface area contributed by atoms with E-state index in [1.807, 2.05) is 62.4 Å². The summed E-state index contributed by atoms with van der Waals surface area (Å²) in [5.41, 5.74) is 2.72. The third-order valence-corrected chi connectivity index (χ3v) is 8.63. The highest BCUT2D eigenvalue weighted by atomic mass is 32.1. The fourth-order valence-electron chi connectivity index (χ4n) is 5.51. The van der Waals surface area contributed by atoms with Crippen LogP contribution in [-0.4, -0.2) is 41.1 Å². The lowest BCUT2D eigenvalue weighted by Crippen LogP contribution is -2.29. The van der Waals surface area contributed by atoms with Gasteiger partial charge < -0.3 is 19.3 Å². The first kappa shape index (κ1) is 28.7. The number of carbonyl (C=O) groups excluding carboxylic acids is 2. The molecule has 43 heavy (non-hydrogen) atoms. The molecule has 1 N–H and O–H groups in total. The topological polar surface area (TPSA) is 98.2 Å². The molecule has 0 saturated carbocycles. The number of amides is 1. The first-order valence-corrected chi connectivity index (χ1v) is 15.4. The van der Waals surface area contributed by atoms with Crippen molar-refractivity contribution in [2.24, 2.45) is 5.92 Å². The number of hydrogen-bond donors (Lipinski definition) is 1. The second-order valence-electron chi connectivity index (χ2n) is 11.3. The molecule has 2 aliphatic rings. The van der Waals surface area contributed by atoms with Crippen molar-refractivity contribution in [2.45, 2.75) is 52.7 Å². The number of ketones is 1. The van der Waals surface area contributed by atoms with Gasteiger partial charge in [-0.1, -0.05) is 37.3 Å². The third kappa shape index (κ3) is 5.57. The first-order valence-electron chi connectivity index (χ1n) is 14.6. The number of anilines is 1. The molecule has 2 unspecified atom stereocenters. The number of thiazole rings is 1. The molecule has 1 aromatic heterocycles. The zero-order valence-electron chi connectivity index (χ0n) is 24.6. The number of ether oxygens (including phenoxy) is 3. The van der Waals surface area contributed by atoms with E-state index in [-0.39, 0.29) is 17.4 Å². The highest BCUT2D eigenvalue weighted by Crippen LogP contribution is 2.45. The van der Waals surface area contributed by atoms with Crippen LogP contribution in [0, 0.1) is 5.92 Å². The summed E-state index contributed by atoms with van der Waals surface area (Å²) < 4.78 is 18.3. The van der Waals surface area contributed by atoms with Crippen LogP contribution < -0.4 is 19.1 Å². The molecule has 0 spiro atoms. The van der Waals surface area contributed by atoms with Gasteiger partial charge in [0.2, 0.25) is 0 Å². The quantitative estimate of drug-likeness (QED) is 0.125. The molecule has 2 aliphatic heterocycles. The van der Waals surface area contributed by atoms with Gasteiger partial charge >= 0.3 is 5.91 Å². The standard InChI is InChI=1S/C34H34N2O6S/c1-5-40-25-10-11-26-28(18-25)43-34(35-26)36-30(21-7-6-8-24(17-21)41-14-13-19(2)3)29(32(38)33(36)39)31(37)22-9-12-27-23(16-22)15-20(4)42-27/h6-12,16-20,30,37H,5,13-15H2,1-4H3/b31-29-. The van der Waals surface area contributed by atoms with Gasteiger partial charge in [0.05, 0.1) is 35.0 Å². The number of benzene rings is 3. The van der Waals surface area contributed by atoms with Crippen LogP contribution in [0.15, 0.2) is 66.2 Å². The molecule has 2 atom stereocenters. The van der Waals surface area contributed by atoms with Crippen LogP contribution in [0.1, 0.15) is 56.8 Å². The molecule has 0 aliphatic carbocycles. The van der Waals surface area contributed by atoms with Crippen LogP contribution >= 0.6 is 11.3 Å². The predicted octanol–water partition coefficient (Wildman–Crippen LogP) is 7.07. The largest absolute Gasteiger partial charge is 0.507 e. The van der Waals surface area contributed by atoms with E-state index in [0.29, 0.717) is 58.8 Å². The predicted molar refractivity (Wildman–Crippen MR) is 167 cm³/mol. The molecule has 8 nitrogen and oxygen atoms in total. The Labute approximate surface area is 254 Å². The average molecular weight is 599 g/mol. The van der Waals surface area contributed by atoms with Crippen molar-refractivity contribution >= 4 is 44.1 Å². The Kier molecular flexibility index (Phi) is 7.83. The number of aliphatic hydroxyl groups excluding tert-OH is 1. The Morgan fingerprint density at radius 3 is 2.70 bits per heavy atom. The van der Waals surface area contributed by atoms with E-state index in [9.17, 15) is 14.7 Å². The normalized spacial score (nSPS) is 19.2. The van der Waals surface area contributed by atoms with Gasteiger partial charge in [0.1, 0.15) is 29.1 Å². The van der Waals surface area contributed by atoms with Gasteiger partial charge in [0.25, 0.3) is 5.78 Å². The maximum Gasteiger partial charge on any atom is 0.301 e. The lowest BCUT2D eigenvalue weighted by Gasteiger charge is -2.23. The number of aliphatic hydroxyl groups is 1. The molecule has 0 radical (unpaired) electrons. The third-order valence-electron chi connectivity index (χ3n) is 7.62. The lowest BCUT2D eigenvalue weighted by molar-refractivity contribution is -0.132. The molecular weight excluding hydrogens is 564 g/mol. The van der Waals surface area contributed by atoms with Gasteiger partial charge in [-0.25, -0.2) is 4.98 Å². The van der Waals surface area contributed by atoms with E-state index < -0.39 is 17.7 Å². The second-order valence-corrected chi connectivity index (χ2v) is 12.3. The van der Waals surface area contributed by atoms with Gasteiger partial charge in [-0.2, -0.15) is 0 Å². The van der Waals surface area contributed by atoms with Gasteiger partial charge in [0, 0.05) is 12.0 Å². The minimum Gasteiger partial charge on any atom is -0.507 e. The second kappa shape index (κ2) is 11.7. The van der Waals surface area contributed by atoms with Crippen LogP contribution in [0.2, 0.25) is 0 Å². The summed E-state index contributed by atoms with van der Waals surface area (Å²) in [4.78, 5) is 33.6. The molecule has 1 fully saturated rings. The lowest BCUT2D eigenvalue weighted by atomic mass is 9.94. The Morgan fingerprint density at radius 2 is 1.91 bits per heavy atom. The highest BCUT2D eigenvalue weighted by molar-refractivity contribution is 7.22. The Morgan fingerprint density at radius 1 is 1.09 bits per heavy atom. The molecular formula is C34H34N2O6S. The average Bonchev–Trinajstić information content (AvgIpc) is 3.64. The van der Waals surface area contributed by atoms with E-state index in [2.05, 4.69) is 13.8 Å². The maximum atomic E-state index is 13.8. The van der Waals surface area contributed by atoms with Gasteiger partial charge in [-0.05, 0) is 85.8 Å². The summed E-state index contributed by atoms with van der Waals surface area (Å²) in [6.45, 7) is 9.22. The molecule has 0 bridgehead atoms. The zero-order chi connectivity index (χ0) is 30.2. The van der Waals surface area contributed by atoms with E-state index in [4.69, 9.17) is 19.2 Å². The number of fused-ring (bicyclic) bond motifs is 2. The van der Waals surface area contributed by atoms with Crippen LogP contribution in [0.5, 0.6) is 17.2 Å². The van der Waals surface area contributed by atoms with E-state index in [0.717, 1.165) is 22.4 Å². The Bertz CT molecular complexity index is 1740.